The van der Waals surface area contributed by atoms with Crippen molar-refractivity contribution in [1.82, 2.24) is 10.2 Å². The van der Waals surface area contributed by atoms with Crippen LogP contribution in [0.1, 0.15) is 26.2 Å². The summed E-state index contributed by atoms with van der Waals surface area (Å²) in [7, 11) is 0. The zero-order valence-corrected chi connectivity index (χ0v) is 10.3. The van der Waals surface area contributed by atoms with Crippen LogP contribution in [0.2, 0.25) is 0 Å². The molecule has 6 heteroatoms. The van der Waals surface area contributed by atoms with Crippen LogP contribution in [-0.2, 0) is 14.3 Å². The molecule has 3 rings (SSSR count). The van der Waals surface area contributed by atoms with Gasteiger partial charge < -0.3 is 4.74 Å². The van der Waals surface area contributed by atoms with Crippen molar-refractivity contribution < 1.29 is 19.1 Å². The van der Waals surface area contributed by atoms with Gasteiger partial charge in [0.15, 0.2) is 0 Å². The molecule has 3 aliphatic rings. The molecule has 3 fully saturated rings. The molecule has 18 heavy (non-hydrogen) atoms. The maximum atomic E-state index is 12.2. The van der Waals surface area contributed by atoms with E-state index in [1.54, 1.807) is 0 Å². The normalized spacial score (nSPS) is 34.1. The van der Waals surface area contributed by atoms with Crippen molar-refractivity contribution in [3.8, 4) is 0 Å². The molecule has 0 aromatic carbocycles. The lowest BCUT2D eigenvalue weighted by Gasteiger charge is -2.32. The molecule has 2 aliphatic heterocycles. The molecule has 1 saturated carbocycles. The Balaban J connectivity index is 1.76. The molecule has 2 heterocycles. The summed E-state index contributed by atoms with van der Waals surface area (Å²) in [5.74, 6) is -0.580. The highest BCUT2D eigenvalue weighted by molar-refractivity contribution is 6.20. The molecule has 6 nitrogen and oxygen atoms in total. The number of barbiturate groups is 1. The van der Waals surface area contributed by atoms with E-state index >= 15 is 0 Å². The van der Waals surface area contributed by atoms with E-state index in [-0.39, 0.29) is 17.9 Å². The number of nitrogens with one attached hydrogen (secondary N) is 1. The van der Waals surface area contributed by atoms with Crippen molar-refractivity contribution in [1.29, 1.82) is 0 Å². The number of nitrogens with zero attached hydrogens (tertiary/aromatic N) is 1. The highest BCUT2D eigenvalue weighted by atomic mass is 16.5. The van der Waals surface area contributed by atoms with Crippen LogP contribution < -0.4 is 5.32 Å². The van der Waals surface area contributed by atoms with E-state index in [9.17, 15) is 14.4 Å². The van der Waals surface area contributed by atoms with E-state index in [2.05, 4.69) is 5.32 Å². The van der Waals surface area contributed by atoms with Crippen LogP contribution in [0.3, 0.4) is 0 Å². The topological polar surface area (TPSA) is 75.7 Å². The molecule has 0 bridgehead atoms. The molecule has 0 radical (unpaired) electrons. The molecular weight excluding hydrogens is 236 g/mol. The van der Waals surface area contributed by atoms with Crippen LogP contribution in [0.15, 0.2) is 0 Å². The van der Waals surface area contributed by atoms with Crippen LogP contribution in [0.5, 0.6) is 0 Å². The van der Waals surface area contributed by atoms with Crippen LogP contribution in [0.4, 0.5) is 4.79 Å². The first kappa shape index (κ1) is 11.6. The predicted octanol–water partition coefficient (Wildman–Crippen LogP) is 0.270. The van der Waals surface area contributed by atoms with Gasteiger partial charge in [0, 0.05) is 19.1 Å². The standard InChI is InChI=1S/C12H16N2O4/c1-7-8(2-5-18-7)6-14-10(16)12(3-4-12)9(15)13-11(14)17/h7-8H,2-6H2,1H3,(H,13,15,17). The molecule has 2 saturated heterocycles. The fourth-order valence-electron chi connectivity index (χ4n) is 2.71. The van der Waals surface area contributed by atoms with Crippen molar-refractivity contribution in [3.05, 3.63) is 0 Å². The quantitative estimate of drug-likeness (QED) is 0.716. The average Bonchev–Trinajstić information content (AvgIpc) is 3.03. The average molecular weight is 252 g/mol. The summed E-state index contributed by atoms with van der Waals surface area (Å²) in [6.45, 7) is 2.96. The first-order valence-electron chi connectivity index (χ1n) is 6.33. The number of amides is 4. The van der Waals surface area contributed by atoms with Crippen molar-refractivity contribution in [2.45, 2.75) is 32.3 Å². The van der Waals surface area contributed by atoms with Crippen LogP contribution >= 0.6 is 0 Å². The van der Waals surface area contributed by atoms with Crippen molar-refractivity contribution in [2.75, 3.05) is 13.2 Å². The van der Waals surface area contributed by atoms with Gasteiger partial charge in [-0.3, -0.25) is 19.8 Å². The van der Waals surface area contributed by atoms with E-state index in [4.69, 9.17) is 4.74 Å². The molecular formula is C12H16N2O4. The lowest BCUT2D eigenvalue weighted by molar-refractivity contribution is -0.145. The van der Waals surface area contributed by atoms with Gasteiger partial charge in [-0.2, -0.15) is 0 Å². The first-order chi connectivity index (χ1) is 8.54. The number of carbonyl (C=O) groups excluding carboxylic acids is 3. The lowest BCUT2D eigenvalue weighted by atomic mass is 9.98. The fraction of sp³-hybridized carbons (Fsp3) is 0.750. The number of hydrogen-bond acceptors (Lipinski definition) is 4. The smallest absolute Gasteiger partial charge is 0.330 e. The zero-order valence-electron chi connectivity index (χ0n) is 10.3. The molecule has 98 valence electrons. The summed E-state index contributed by atoms with van der Waals surface area (Å²) in [6, 6.07) is -0.582. The Morgan fingerprint density at radius 3 is 2.67 bits per heavy atom. The third-order valence-corrected chi connectivity index (χ3v) is 4.26. The minimum Gasteiger partial charge on any atom is -0.378 e. The fourth-order valence-corrected chi connectivity index (χ4v) is 2.71. The van der Waals surface area contributed by atoms with Gasteiger partial charge in [0.05, 0.1) is 6.10 Å². The predicted molar refractivity (Wildman–Crippen MR) is 60.4 cm³/mol. The Bertz CT molecular complexity index is 430. The minimum absolute atomic E-state index is 0.0541. The highest BCUT2D eigenvalue weighted by Gasteiger charge is 2.62. The molecule has 0 aromatic heterocycles. The summed E-state index contributed by atoms with van der Waals surface area (Å²) in [5, 5.41) is 2.29. The van der Waals surface area contributed by atoms with Gasteiger partial charge in [-0.05, 0) is 26.2 Å². The molecule has 4 amide bonds. The Labute approximate surface area is 105 Å². The van der Waals surface area contributed by atoms with Gasteiger partial charge in [0.1, 0.15) is 5.41 Å². The van der Waals surface area contributed by atoms with Gasteiger partial charge in [-0.15, -0.1) is 0 Å². The van der Waals surface area contributed by atoms with Gasteiger partial charge in [0.25, 0.3) is 0 Å². The summed E-state index contributed by atoms with van der Waals surface area (Å²) >= 11 is 0. The second-order valence-electron chi connectivity index (χ2n) is 5.38. The second kappa shape index (κ2) is 3.78. The van der Waals surface area contributed by atoms with Crippen molar-refractivity contribution >= 4 is 17.8 Å². The number of ether oxygens (including phenoxy) is 1. The van der Waals surface area contributed by atoms with E-state index in [1.807, 2.05) is 6.92 Å². The van der Waals surface area contributed by atoms with Gasteiger partial charge in [0.2, 0.25) is 11.8 Å². The third-order valence-electron chi connectivity index (χ3n) is 4.26. The van der Waals surface area contributed by atoms with Crippen molar-refractivity contribution in [3.63, 3.8) is 0 Å². The molecule has 0 aromatic rings. The van der Waals surface area contributed by atoms with Crippen LogP contribution in [-0.4, -0.2) is 42.0 Å². The molecule has 1 spiro atoms. The third kappa shape index (κ3) is 1.55. The van der Waals surface area contributed by atoms with E-state index < -0.39 is 17.4 Å². The Morgan fingerprint density at radius 2 is 2.11 bits per heavy atom. The van der Waals surface area contributed by atoms with Crippen LogP contribution in [0, 0.1) is 11.3 Å². The summed E-state index contributed by atoms with van der Waals surface area (Å²) in [5.41, 5.74) is -0.934. The van der Waals surface area contributed by atoms with E-state index in [0.29, 0.717) is 26.0 Å². The van der Waals surface area contributed by atoms with Crippen molar-refractivity contribution in [2.24, 2.45) is 11.3 Å². The van der Waals surface area contributed by atoms with Gasteiger partial charge in [-0.1, -0.05) is 0 Å². The monoisotopic (exact) mass is 252 g/mol. The first-order valence-corrected chi connectivity index (χ1v) is 6.33. The number of hydrogen-bond donors (Lipinski definition) is 1. The number of rotatable bonds is 2. The van der Waals surface area contributed by atoms with Gasteiger partial charge in [-0.25, -0.2) is 4.79 Å². The van der Waals surface area contributed by atoms with E-state index in [1.165, 1.54) is 4.90 Å². The summed E-state index contributed by atoms with van der Waals surface area (Å²) in [4.78, 5) is 36.8. The largest absolute Gasteiger partial charge is 0.378 e. The zero-order chi connectivity index (χ0) is 12.9. The maximum Gasteiger partial charge on any atom is 0.330 e. The molecule has 1 aliphatic carbocycles. The molecule has 2 unspecified atom stereocenters. The number of imide groups is 2. The van der Waals surface area contributed by atoms with Gasteiger partial charge >= 0.3 is 6.03 Å². The minimum atomic E-state index is -0.934. The lowest BCUT2D eigenvalue weighted by Crippen LogP contribution is -2.60. The SMILES string of the molecule is CC1OCCC1CN1C(=O)NC(=O)C2(CC2)C1=O. The number of urea groups is 1. The summed E-state index contributed by atoms with van der Waals surface area (Å²) in [6.07, 6.45) is 2.01. The van der Waals surface area contributed by atoms with Crippen LogP contribution in [0.25, 0.3) is 0 Å². The molecule has 1 N–H and O–H groups in total. The Kier molecular flexibility index (Phi) is 2.45. The van der Waals surface area contributed by atoms with E-state index in [0.717, 1.165) is 6.42 Å². The number of carbonyl (C=O) groups is 3. The maximum absolute atomic E-state index is 12.2. The molecule has 2 atom stereocenters. The second-order valence-corrected chi connectivity index (χ2v) is 5.38. The summed E-state index contributed by atoms with van der Waals surface area (Å²) < 4.78 is 5.43. The Morgan fingerprint density at radius 1 is 1.39 bits per heavy atom. The Hall–Kier alpha value is -1.43. The highest BCUT2D eigenvalue weighted by Crippen LogP contribution is 2.49.